The number of aromatic nitrogens is 1. The first-order valence-corrected chi connectivity index (χ1v) is 18.5. The summed E-state index contributed by atoms with van der Waals surface area (Å²) >= 11 is 0. The van der Waals surface area contributed by atoms with E-state index in [1.165, 1.54) is 50.0 Å². The minimum atomic E-state index is 0.317. The number of anilines is 1. The zero-order valence-corrected chi connectivity index (χ0v) is 31.6. The molecule has 4 nitrogen and oxygen atoms in total. The molecule has 7 rings (SSSR count). The van der Waals surface area contributed by atoms with Crippen LogP contribution in [0.25, 0.3) is 55.7 Å². The summed E-state index contributed by atoms with van der Waals surface area (Å²) < 4.78 is 0. The molecule has 0 amide bonds. The zero-order chi connectivity index (χ0) is 37.5. The van der Waals surface area contributed by atoms with Crippen LogP contribution in [0.5, 0.6) is 0 Å². The van der Waals surface area contributed by atoms with Gasteiger partial charge < -0.3 is 15.7 Å². The molecule has 0 bridgehead atoms. The van der Waals surface area contributed by atoms with Gasteiger partial charge >= 0.3 is 0 Å². The molecule has 1 aromatic heterocycles. The molecular formula is C49H48N4. The van der Waals surface area contributed by atoms with Crippen molar-refractivity contribution in [3.63, 3.8) is 0 Å². The van der Waals surface area contributed by atoms with Crippen LogP contribution in [-0.2, 0) is 0 Å². The number of aliphatic imine (C=N–C) groups is 1. The van der Waals surface area contributed by atoms with Crippen LogP contribution in [0.2, 0.25) is 0 Å². The molecule has 0 saturated carbocycles. The van der Waals surface area contributed by atoms with Crippen LogP contribution in [0.3, 0.4) is 0 Å². The number of nitrogens with one attached hydrogen (secondary N) is 3. The molecule has 0 radical (unpaired) electrons. The lowest BCUT2D eigenvalue weighted by atomic mass is 9.93. The van der Waals surface area contributed by atoms with Gasteiger partial charge in [-0.05, 0) is 96.5 Å². The van der Waals surface area contributed by atoms with Crippen molar-refractivity contribution in [2.45, 2.75) is 48.0 Å². The fourth-order valence-corrected chi connectivity index (χ4v) is 7.19. The van der Waals surface area contributed by atoms with Gasteiger partial charge in [0.15, 0.2) is 0 Å². The number of aryl methyl sites for hydroxylation is 2. The highest BCUT2D eigenvalue weighted by atomic mass is 14.9. The summed E-state index contributed by atoms with van der Waals surface area (Å²) in [6.45, 7) is 16.4. The first kappa shape index (κ1) is 36.5. The Balaban J connectivity index is 0.00000236. The highest BCUT2D eigenvalue weighted by molar-refractivity contribution is 6.14. The molecule has 5 aromatic carbocycles. The zero-order valence-electron chi connectivity index (χ0n) is 31.6. The number of nitrogens with zero attached hydrogens (tertiary/aromatic N) is 1. The van der Waals surface area contributed by atoms with Crippen molar-refractivity contribution in [1.29, 1.82) is 5.41 Å². The Labute approximate surface area is 314 Å². The summed E-state index contributed by atoms with van der Waals surface area (Å²) in [5.74, 6) is 0. The van der Waals surface area contributed by atoms with Gasteiger partial charge in [0.05, 0.1) is 23.4 Å². The van der Waals surface area contributed by atoms with Gasteiger partial charge in [0.2, 0.25) is 0 Å². The minimum absolute atomic E-state index is 0.317. The maximum atomic E-state index is 8.55. The average molecular weight is 693 g/mol. The lowest BCUT2D eigenvalue weighted by Crippen LogP contribution is -2.02. The first-order chi connectivity index (χ1) is 25.9. The van der Waals surface area contributed by atoms with Crippen LogP contribution in [-0.4, -0.2) is 17.0 Å². The maximum absolute atomic E-state index is 8.55. The normalized spacial score (nSPS) is 13.1. The smallest absolute Gasteiger partial charge is 0.0931 e. The molecule has 0 saturated heterocycles. The molecule has 4 heteroatoms. The fraction of sp³-hybridized carbons (Fsp3) is 0.143. The molecule has 264 valence electrons. The number of rotatable bonds is 10. The van der Waals surface area contributed by atoms with Gasteiger partial charge in [0.1, 0.15) is 0 Å². The van der Waals surface area contributed by atoms with Crippen LogP contribution >= 0.6 is 0 Å². The largest absolute Gasteiger partial charge is 0.354 e. The van der Waals surface area contributed by atoms with Gasteiger partial charge in [-0.15, -0.1) is 0 Å². The fourth-order valence-electron chi connectivity index (χ4n) is 7.19. The Morgan fingerprint density at radius 3 is 2.26 bits per heavy atom. The number of hydrogen-bond acceptors (Lipinski definition) is 2. The van der Waals surface area contributed by atoms with Crippen molar-refractivity contribution in [2.24, 2.45) is 4.99 Å². The second-order valence-corrected chi connectivity index (χ2v) is 12.9. The Hall–Kier alpha value is -6.26. The molecule has 0 aliphatic heterocycles. The molecule has 1 aliphatic rings. The van der Waals surface area contributed by atoms with E-state index in [1.54, 1.807) is 12.4 Å². The van der Waals surface area contributed by atoms with Crippen molar-refractivity contribution in [2.75, 3.05) is 5.32 Å². The van der Waals surface area contributed by atoms with E-state index in [4.69, 9.17) is 10.4 Å². The standard InChI is InChI=1S/C47H42N4.C2H6/c1-6-15-36(41(48)8-3)46(32-18-10-9-11-19-32)50-29-49-42-22-13-12-20-35(42)39-27-33(24-23-30(39)4)34-25-26-43-40(28-34)45-37(16-7-2)44-31(5)17-14-21-38(44)47(45)51-43;1-2/h6,8-29,48,51H,3,7H2,1-2,4-5H3,(H,49,50);1-2H3/b15-6-,37-16+,46-36-,48-41?;. The van der Waals surface area contributed by atoms with Crippen molar-refractivity contribution >= 4 is 39.9 Å². The van der Waals surface area contributed by atoms with Gasteiger partial charge in [0, 0.05) is 44.4 Å². The topological polar surface area (TPSA) is 64.0 Å². The Morgan fingerprint density at radius 1 is 0.792 bits per heavy atom. The quantitative estimate of drug-likeness (QED) is 0.0746. The number of fused-ring (bicyclic) bond motifs is 5. The number of benzene rings is 5. The molecule has 0 atom stereocenters. The van der Waals surface area contributed by atoms with Gasteiger partial charge in [-0.1, -0.05) is 131 Å². The van der Waals surface area contributed by atoms with E-state index in [0.717, 1.165) is 39.9 Å². The highest BCUT2D eigenvalue weighted by Gasteiger charge is 2.28. The van der Waals surface area contributed by atoms with E-state index < -0.39 is 0 Å². The van der Waals surface area contributed by atoms with Gasteiger partial charge in [-0.3, -0.25) is 0 Å². The van der Waals surface area contributed by atoms with Crippen molar-refractivity contribution in [3.8, 4) is 33.5 Å². The summed E-state index contributed by atoms with van der Waals surface area (Å²) in [5.41, 5.74) is 18.3. The van der Waals surface area contributed by atoms with E-state index in [-0.39, 0.29) is 0 Å². The number of H-pyrrole nitrogens is 1. The highest BCUT2D eigenvalue weighted by Crippen LogP contribution is 2.49. The third-order valence-corrected chi connectivity index (χ3v) is 9.62. The van der Waals surface area contributed by atoms with E-state index in [0.29, 0.717) is 17.0 Å². The van der Waals surface area contributed by atoms with Crippen LogP contribution in [0, 0.1) is 19.3 Å². The number of allylic oxidation sites excluding steroid dienone is 5. The molecule has 3 N–H and O–H groups in total. The summed E-state index contributed by atoms with van der Waals surface area (Å²) in [6, 6.07) is 38.4. The van der Waals surface area contributed by atoms with Gasteiger partial charge in [-0.2, -0.15) is 0 Å². The third kappa shape index (κ3) is 7.14. The van der Waals surface area contributed by atoms with Crippen LogP contribution in [0.1, 0.15) is 61.9 Å². The van der Waals surface area contributed by atoms with E-state index in [9.17, 15) is 0 Å². The molecular weight excluding hydrogens is 645 g/mol. The van der Waals surface area contributed by atoms with Crippen molar-refractivity contribution < 1.29 is 0 Å². The van der Waals surface area contributed by atoms with E-state index in [2.05, 4.69) is 117 Å². The summed E-state index contributed by atoms with van der Waals surface area (Å²) in [6.07, 6.45) is 10.5. The molecule has 0 unspecified atom stereocenters. The summed E-state index contributed by atoms with van der Waals surface area (Å²) in [5, 5.41) is 13.3. The van der Waals surface area contributed by atoms with Crippen molar-refractivity contribution in [3.05, 3.63) is 173 Å². The monoisotopic (exact) mass is 692 g/mol. The lowest BCUT2D eigenvalue weighted by molar-refractivity contribution is 1.23. The van der Waals surface area contributed by atoms with Crippen LogP contribution in [0.15, 0.2) is 151 Å². The van der Waals surface area contributed by atoms with E-state index in [1.807, 2.05) is 69.3 Å². The predicted octanol–water partition coefficient (Wildman–Crippen LogP) is 13.6. The minimum Gasteiger partial charge on any atom is -0.354 e. The average Bonchev–Trinajstić information content (AvgIpc) is 3.72. The number of para-hydroxylation sites is 1. The SMILES string of the molecule is C=CC(=N)C(/C=C\C)=C(\N=CNc1ccccc1-c1cc(-c2ccc3[nH]c4c(c3c2)/C(=C/CC)c2c(C)cccc2-4)ccc1C)c1ccccc1.CC. The van der Waals surface area contributed by atoms with Gasteiger partial charge in [0.25, 0.3) is 0 Å². The Kier molecular flexibility index (Phi) is 11.3. The third-order valence-electron chi connectivity index (χ3n) is 9.62. The molecule has 53 heavy (non-hydrogen) atoms. The van der Waals surface area contributed by atoms with Crippen LogP contribution in [0.4, 0.5) is 5.69 Å². The second-order valence-electron chi connectivity index (χ2n) is 12.9. The summed E-state index contributed by atoms with van der Waals surface area (Å²) in [7, 11) is 0. The maximum Gasteiger partial charge on any atom is 0.0931 e. The molecule has 1 heterocycles. The van der Waals surface area contributed by atoms with E-state index >= 15 is 0 Å². The molecule has 0 fully saturated rings. The lowest BCUT2D eigenvalue weighted by Gasteiger charge is -2.14. The second kappa shape index (κ2) is 16.4. The first-order valence-electron chi connectivity index (χ1n) is 18.5. The number of hydrogen-bond donors (Lipinski definition) is 3. The Bertz CT molecular complexity index is 2430. The number of aromatic amines is 1. The molecule has 1 aliphatic carbocycles. The van der Waals surface area contributed by atoms with Gasteiger partial charge in [-0.25, -0.2) is 4.99 Å². The van der Waals surface area contributed by atoms with Crippen LogP contribution < -0.4 is 5.32 Å². The molecule has 0 spiro atoms. The molecule has 6 aromatic rings. The predicted molar refractivity (Wildman–Crippen MR) is 231 cm³/mol. The Morgan fingerprint density at radius 2 is 1.51 bits per heavy atom. The van der Waals surface area contributed by atoms with Crippen molar-refractivity contribution in [1.82, 2.24) is 4.98 Å². The summed E-state index contributed by atoms with van der Waals surface area (Å²) in [4.78, 5) is 8.64.